The third-order valence-corrected chi connectivity index (χ3v) is 7.57. The van der Waals surface area contributed by atoms with E-state index < -0.39 is 5.91 Å². The summed E-state index contributed by atoms with van der Waals surface area (Å²) < 4.78 is 16.3. The fourth-order valence-electron chi connectivity index (χ4n) is 4.66. The van der Waals surface area contributed by atoms with Gasteiger partial charge in [0.05, 0.1) is 5.56 Å². The van der Waals surface area contributed by atoms with Gasteiger partial charge in [-0.15, -0.1) is 11.3 Å². The number of hydrogen-bond acceptors (Lipinski definition) is 7. The Morgan fingerprint density at radius 3 is 2.91 bits per heavy atom. The Morgan fingerprint density at radius 1 is 1.20 bits per heavy atom. The van der Waals surface area contributed by atoms with Crippen molar-refractivity contribution in [3.8, 4) is 17.1 Å². The second-order valence-electron chi connectivity index (χ2n) is 9.00. The minimum absolute atomic E-state index is 0.152. The maximum atomic E-state index is 13.1. The molecule has 0 unspecified atom stereocenters. The van der Waals surface area contributed by atoms with Gasteiger partial charge in [0.2, 0.25) is 0 Å². The Labute approximate surface area is 208 Å². The predicted octanol–water partition coefficient (Wildman–Crippen LogP) is 4.62. The molecule has 0 radical (unpaired) electrons. The molecule has 5 rings (SSSR count). The Hall–Kier alpha value is -3.17. The van der Waals surface area contributed by atoms with E-state index >= 15 is 0 Å². The minimum atomic E-state index is -0.398. The third-order valence-electron chi connectivity index (χ3n) is 6.36. The molecule has 1 aromatic carbocycles. The number of rotatable bonds is 8. The van der Waals surface area contributed by atoms with Crippen molar-refractivity contribution < 1.29 is 23.6 Å². The molecule has 2 aromatic heterocycles. The van der Waals surface area contributed by atoms with Crippen LogP contribution in [0.1, 0.15) is 63.0 Å². The molecule has 0 spiro atoms. The van der Waals surface area contributed by atoms with Crippen LogP contribution >= 0.6 is 11.3 Å². The monoisotopic (exact) mass is 495 g/mol. The Bertz CT molecular complexity index is 1250. The summed E-state index contributed by atoms with van der Waals surface area (Å²) in [6.45, 7) is 3.13. The molecule has 184 valence electrons. The number of carbonyl (C=O) groups is 2. The summed E-state index contributed by atoms with van der Waals surface area (Å²) in [5.74, 6) is 0.837. The van der Waals surface area contributed by atoms with Gasteiger partial charge in [-0.3, -0.25) is 9.59 Å². The van der Waals surface area contributed by atoms with Crippen molar-refractivity contribution in [1.29, 1.82) is 0 Å². The number of aryl methyl sites for hydroxylation is 1. The van der Waals surface area contributed by atoms with Crippen LogP contribution in [0.2, 0.25) is 0 Å². The summed E-state index contributed by atoms with van der Waals surface area (Å²) >= 11 is 1.48. The zero-order valence-corrected chi connectivity index (χ0v) is 20.8. The average Bonchev–Trinajstić information content (AvgIpc) is 3.57. The Morgan fingerprint density at radius 2 is 2.06 bits per heavy atom. The van der Waals surface area contributed by atoms with Gasteiger partial charge in [-0.1, -0.05) is 5.16 Å². The second kappa shape index (κ2) is 10.2. The van der Waals surface area contributed by atoms with E-state index in [0.717, 1.165) is 61.0 Å². The number of hydrogen-bond donors (Lipinski definition) is 2. The lowest BCUT2D eigenvalue weighted by Gasteiger charge is -2.13. The van der Waals surface area contributed by atoms with E-state index in [0.29, 0.717) is 29.5 Å². The van der Waals surface area contributed by atoms with Crippen LogP contribution in [0.4, 0.5) is 5.00 Å². The number of carbonyl (C=O) groups excluding carboxylic acids is 2. The predicted molar refractivity (Wildman–Crippen MR) is 133 cm³/mol. The first-order chi connectivity index (χ1) is 17.0. The molecule has 0 bridgehead atoms. The highest BCUT2D eigenvalue weighted by Gasteiger charge is 2.27. The van der Waals surface area contributed by atoms with Crippen LogP contribution in [-0.4, -0.2) is 43.3 Å². The lowest BCUT2D eigenvalue weighted by molar-refractivity contribution is 0.0948. The van der Waals surface area contributed by atoms with Crippen molar-refractivity contribution in [2.45, 2.75) is 51.6 Å². The van der Waals surface area contributed by atoms with Gasteiger partial charge in [0.1, 0.15) is 16.9 Å². The zero-order chi connectivity index (χ0) is 24.4. The normalized spacial score (nSPS) is 16.3. The first-order valence-electron chi connectivity index (χ1n) is 12.0. The average molecular weight is 496 g/mol. The molecule has 3 aromatic rings. The van der Waals surface area contributed by atoms with Gasteiger partial charge in [-0.25, -0.2) is 0 Å². The number of aromatic nitrogens is 1. The third kappa shape index (κ3) is 4.97. The highest BCUT2D eigenvalue weighted by molar-refractivity contribution is 7.17. The molecular weight excluding hydrogens is 466 g/mol. The van der Waals surface area contributed by atoms with Gasteiger partial charge >= 0.3 is 0 Å². The lowest BCUT2D eigenvalue weighted by Crippen LogP contribution is -2.27. The van der Waals surface area contributed by atoms with E-state index in [-0.39, 0.29) is 17.7 Å². The zero-order valence-electron chi connectivity index (χ0n) is 19.9. The number of amides is 2. The fraction of sp³-hybridized carbons (Fsp3) is 0.423. The summed E-state index contributed by atoms with van der Waals surface area (Å²) in [6.07, 6.45) is 5.62. The summed E-state index contributed by atoms with van der Waals surface area (Å²) in [5, 5.41) is 10.5. The largest absolute Gasteiger partial charge is 0.490 e. The molecule has 9 heteroatoms. The van der Waals surface area contributed by atoms with E-state index in [2.05, 4.69) is 15.8 Å². The van der Waals surface area contributed by atoms with Gasteiger partial charge < -0.3 is 24.6 Å². The number of fused-ring (bicyclic) bond motifs is 2. The quantitative estimate of drug-likeness (QED) is 0.442. The first kappa shape index (κ1) is 23.6. The van der Waals surface area contributed by atoms with Crippen molar-refractivity contribution in [3.63, 3.8) is 0 Å². The van der Waals surface area contributed by atoms with Gasteiger partial charge in [0.25, 0.3) is 11.8 Å². The first-order valence-corrected chi connectivity index (χ1v) is 12.8. The SMILES string of the molecule is COCCCNC(=O)c1c(NC(=O)c2cc(-c3ccc4c(c3)C[C@@H](C)O4)on2)sc2c1CCCC2. The molecule has 8 nitrogen and oxygen atoms in total. The summed E-state index contributed by atoms with van der Waals surface area (Å²) in [7, 11) is 1.64. The molecule has 35 heavy (non-hydrogen) atoms. The molecule has 2 N–H and O–H groups in total. The van der Waals surface area contributed by atoms with Crippen molar-refractivity contribution in [2.75, 3.05) is 25.6 Å². The molecule has 3 heterocycles. The van der Waals surface area contributed by atoms with Crippen molar-refractivity contribution >= 4 is 28.2 Å². The summed E-state index contributed by atoms with van der Waals surface area (Å²) in [6, 6.07) is 7.47. The molecule has 1 aliphatic heterocycles. The number of nitrogens with one attached hydrogen (secondary N) is 2. The van der Waals surface area contributed by atoms with Crippen LogP contribution in [0, 0.1) is 0 Å². The van der Waals surface area contributed by atoms with Gasteiger partial charge in [-0.05, 0) is 68.4 Å². The van der Waals surface area contributed by atoms with Crippen LogP contribution < -0.4 is 15.4 Å². The van der Waals surface area contributed by atoms with Crippen LogP contribution in [0.15, 0.2) is 28.8 Å². The van der Waals surface area contributed by atoms with E-state index in [4.69, 9.17) is 14.0 Å². The van der Waals surface area contributed by atoms with E-state index in [1.54, 1.807) is 13.2 Å². The van der Waals surface area contributed by atoms with E-state index in [1.807, 2.05) is 25.1 Å². The van der Waals surface area contributed by atoms with Gasteiger partial charge in [0.15, 0.2) is 11.5 Å². The van der Waals surface area contributed by atoms with Crippen LogP contribution in [0.25, 0.3) is 11.3 Å². The topological polar surface area (TPSA) is 103 Å². The highest BCUT2D eigenvalue weighted by Crippen LogP contribution is 2.38. The summed E-state index contributed by atoms with van der Waals surface area (Å²) in [4.78, 5) is 27.3. The minimum Gasteiger partial charge on any atom is -0.490 e. The Balaban J connectivity index is 1.34. The van der Waals surface area contributed by atoms with Crippen LogP contribution in [0.5, 0.6) is 5.75 Å². The molecule has 2 amide bonds. The molecular formula is C26H29N3O5S. The number of benzene rings is 1. The maximum Gasteiger partial charge on any atom is 0.278 e. The lowest BCUT2D eigenvalue weighted by atomic mass is 9.95. The van der Waals surface area contributed by atoms with E-state index in [1.165, 1.54) is 16.2 Å². The van der Waals surface area contributed by atoms with Gasteiger partial charge in [-0.2, -0.15) is 0 Å². The van der Waals surface area contributed by atoms with Crippen LogP contribution in [0.3, 0.4) is 0 Å². The van der Waals surface area contributed by atoms with Crippen molar-refractivity contribution in [3.05, 3.63) is 51.5 Å². The smallest absolute Gasteiger partial charge is 0.278 e. The standard InChI is InChI=1S/C26H29N3O5S/c1-15-12-17-13-16(8-9-20(17)33-15)21-14-19(29-34-21)24(30)28-26-23(25(31)27-10-5-11-32-2)18-6-3-4-7-22(18)35-26/h8-9,13-15H,3-7,10-12H2,1-2H3,(H,27,31)(H,28,30)/t15-/m1/s1. The molecule has 0 saturated carbocycles. The second-order valence-corrected chi connectivity index (χ2v) is 10.1. The van der Waals surface area contributed by atoms with Crippen LogP contribution in [-0.2, 0) is 24.0 Å². The fourth-order valence-corrected chi connectivity index (χ4v) is 5.94. The molecule has 1 atom stereocenters. The number of methoxy groups -OCH3 is 1. The molecule has 0 fully saturated rings. The van der Waals surface area contributed by atoms with Crippen molar-refractivity contribution in [2.24, 2.45) is 0 Å². The molecule has 2 aliphatic rings. The molecule has 0 saturated heterocycles. The number of thiophene rings is 1. The maximum absolute atomic E-state index is 13.1. The molecule has 1 aliphatic carbocycles. The Kier molecular flexibility index (Phi) is 6.88. The van der Waals surface area contributed by atoms with E-state index in [9.17, 15) is 9.59 Å². The number of ether oxygens (including phenoxy) is 2. The number of anilines is 1. The summed E-state index contributed by atoms with van der Waals surface area (Å²) in [5.41, 5.74) is 3.75. The van der Waals surface area contributed by atoms with Gasteiger partial charge in [0, 0.05) is 43.2 Å². The number of nitrogens with zero attached hydrogens (tertiary/aromatic N) is 1. The van der Waals surface area contributed by atoms with Crippen molar-refractivity contribution in [1.82, 2.24) is 10.5 Å². The highest BCUT2D eigenvalue weighted by atomic mass is 32.1.